The molecule has 0 aliphatic heterocycles. The summed E-state index contributed by atoms with van der Waals surface area (Å²) in [5.74, 6) is -1.01. The van der Waals surface area contributed by atoms with Crippen molar-refractivity contribution in [2.45, 2.75) is 19.9 Å². The van der Waals surface area contributed by atoms with Crippen molar-refractivity contribution in [2.24, 2.45) is 0 Å². The summed E-state index contributed by atoms with van der Waals surface area (Å²) in [6.45, 7) is 3.56. The lowest BCUT2D eigenvalue weighted by Gasteiger charge is -2.15. The number of amides is 2. The highest BCUT2D eigenvalue weighted by Crippen LogP contribution is 2.20. The molecule has 110 valence electrons. The molecule has 0 fully saturated rings. The molecule has 0 aliphatic rings. The van der Waals surface area contributed by atoms with Crippen molar-refractivity contribution in [3.8, 4) is 0 Å². The van der Waals surface area contributed by atoms with E-state index in [1.807, 2.05) is 23.8 Å². The lowest BCUT2D eigenvalue weighted by atomic mass is 10.1. The van der Waals surface area contributed by atoms with E-state index in [0.717, 1.165) is 5.56 Å². The predicted molar refractivity (Wildman–Crippen MR) is 83.0 cm³/mol. The maximum atomic E-state index is 12.0. The summed E-state index contributed by atoms with van der Waals surface area (Å²) in [6.07, 6.45) is 0. The van der Waals surface area contributed by atoms with E-state index in [9.17, 15) is 9.59 Å². The Morgan fingerprint density at radius 2 is 2.05 bits per heavy atom. The normalized spacial score (nSPS) is 11.7. The van der Waals surface area contributed by atoms with Crippen molar-refractivity contribution in [1.82, 2.24) is 5.32 Å². The van der Waals surface area contributed by atoms with Crippen LogP contribution in [-0.2, 0) is 0 Å². The van der Waals surface area contributed by atoms with Gasteiger partial charge in [-0.25, -0.2) is 9.59 Å². The Labute approximate surface area is 126 Å². The van der Waals surface area contributed by atoms with Gasteiger partial charge in [-0.1, -0.05) is 6.07 Å². The fourth-order valence-electron chi connectivity index (χ4n) is 1.96. The van der Waals surface area contributed by atoms with Crippen LogP contribution < -0.4 is 10.6 Å². The number of carboxylic acid groups (broad SMARTS) is 1. The molecule has 3 N–H and O–H groups in total. The third-order valence-electron chi connectivity index (χ3n) is 3.20. The molecule has 0 spiro atoms. The van der Waals surface area contributed by atoms with Crippen molar-refractivity contribution < 1.29 is 14.7 Å². The van der Waals surface area contributed by atoms with Crippen LogP contribution in [0.2, 0.25) is 0 Å². The van der Waals surface area contributed by atoms with Gasteiger partial charge >= 0.3 is 12.0 Å². The van der Waals surface area contributed by atoms with Gasteiger partial charge in [-0.15, -0.1) is 0 Å². The number of urea groups is 1. The summed E-state index contributed by atoms with van der Waals surface area (Å²) >= 11 is 1.57. The summed E-state index contributed by atoms with van der Waals surface area (Å²) in [7, 11) is 0. The SMILES string of the molecule is Cc1c(NC(=O)NC(C)c2ccsc2)cccc1C(=O)O. The number of carbonyl (C=O) groups excluding carboxylic acids is 1. The molecule has 6 heteroatoms. The standard InChI is InChI=1S/C15H16N2O3S/c1-9-12(14(18)19)4-3-5-13(9)17-15(20)16-10(2)11-6-7-21-8-11/h3-8,10H,1-2H3,(H,18,19)(H2,16,17,20). The van der Waals surface area contributed by atoms with Crippen LogP contribution in [0.4, 0.5) is 10.5 Å². The fraction of sp³-hybridized carbons (Fsp3) is 0.200. The second kappa shape index (κ2) is 6.41. The van der Waals surface area contributed by atoms with Gasteiger partial charge in [0.25, 0.3) is 0 Å². The minimum Gasteiger partial charge on any atom is -0.478 e. The second-order valence-corrected chi connectivity index (χ2v) is 5.44. The topological polar surface area (TPSA) is 78.4 Å². The zero-order chi connectivity index (χ0) is 15.4. The maximum Gasteiger partial charge on any atom is 0.336 e. The van der Waals surface area contributed by atoms with Crippen molar-refractivity contribution in [3.05, 3.63) is 51.7 Å². The van der Waals surface area contributed by atoms with E-state index in [1.54, 1.807) is 30.4 Å². The first kappa shape index (κ1) is 15.1. The van der Waals surface area contributed by atoms with Crippen molar-refractivity contribution in [2.75, 3.05) is 5.32 Å². The third kappa shape index (κ3) is 3.61. The Hall–Kier alpha value is -2.34. The predicted octanol–water partition coefficient (Wildman–Crippen LogP) is 3.64. The van der Waals surface area contributed by atoms with Gasteiger partial charge in [-0.3, -0.25) is 0 Å². The smallest absolute Gasteiger partial charge is 0.336 e. The fourth-order valence-corrected chi connectivity index (χ4v) is 2.72. The lowest BCUT2D eigenvalue weighted by molar-refractivity contribution is 0.0696. The molecule has 5 nitrogen and oxygen atoms in total. The average molecular weight is 304 g/mol. The van der Waals surface area contributed by atoms with Gasteiger partial charge in [0.05, 0.1) is 11.6 Å². The first-order chi connectivity index (χ1) is 9.99. The van der Waals surface area contributed by atoms with E-state index in [-0.39, 0.29) is 17.6 Å². The molecule has 2 amide bonds. The molecular formula is C15H16N2O3S. The van der Waals surface area contributed by atoms with Crippen LogP contribution in [0, 0.1) is 6.92 Å². The van der Waals surface area contributed by atoms with Gasteiger partial charge in [0, 0.05) is 5.69 Å². The minimum absolute atomic E-state index is 0.112. The third-order valence-corrected chi connectivity index (χ3v) is 3.90. The van der Waals surface area contributed by atoms with Gasteiger partial charge in [0.1, 0.15) is 0 Å². The molecule has 1 heterocycles. The highest BCUT2D eigenvalue weighted by molar-refractivity contribution is 7.07. The van der Waals surface area contributed by atoms with Crippen LogP contribution >= 0.6 is 11.3 Å². The van der Waals surface area contributed by atoms with Crippen LogP contribution in [0.25, 0.3) is 0 Å². The number of carboxylic acids is 1. The highest BCUT2D eigenvalue weighted by atomic mass is 32.1. The number of thiophene rings is 1. The zero-order valence-corrected chi connectivity index (χ0v) is 12.5. The number of rotatable bonds is 4. The van der Waals surface area contributed by atoms with E-state index in [2.05, 4.69) is 10.6 Å². The quantitative estimate of drug-likeness (QED) is 0.807. The van der Waals surface area contributed by atoms with Crippen LogP contribution in [0.15, 0.2) is 35.0 Å². The number of benzene rings is 1. The number of anilines is 1. The summed E-state index contributed by atoms with van der Waals surface area (Å²) in [4.78, 5) is 23.1. The number of aromatic carboxylic acids is 1. The van der Waals surface area contributed by atoms with Gasteiger partial charge in [0.2, 0.25) is 0 Å². The molecule has 1 atom stereocenters. The number of hydrogen-bond donors (Lipinski definition) is 3. The van der Waals surface area contributed by atoms with Crippen LogP contribution in [0.1, 0.15) is 34.5 Å². The first-order valence-corrected chi connectivity index (χ1v) is 7.36. The van der Waals surface area contributed by atoms with E-state index >= 15 is 0 Å². The molecule has 1 unspecified atom stereocenters. The summed E-state index contributed by atoms with van der Waals surface area (Å²) < 4.78 is 0. The Balaban J connectivity index is 2.06. The number of nitrogens with one attached hydrogen (secondary N) is 2. The van der Waals surface area contributed by atoms with Gasteiger partial charge in [-0.05, 0) is 53.9 Å². The van der Waals surface area contributed by atoms with E-state index < -0.39 is 5.97 Å². The van der Waals surface area contributed by atoms with Gasteiger partial charge < -0.3 is 15.7 Å². The molecule has 2 rings (SSSR count). The molecule has 0 bridgehead atoms. The van der Waals surface area contributed by atoms with Crippen LogP contribution in [0.3, 0.4) is 0 Å². The summed E-state index contributed by atoms with van der Waals surface area (Å²) in [6, 6.07) is 6.27. The van der Waals surface area contributed by atoms with Crippen molar-refractivity contribution in [3.63, 3.8) is 0 Å². The van der Waals surface area contributed by atoms with Crippen LogP contribution in [-0.4, -0.2) is 17.1 Å². The van der Waals surface area contributed by atoms with Gasteiger partial charge in [0.15, 0.2) is 0 Å². The lowest BCUT2D eigenvalue weighted by Crippen LogP contribution is -2.31. The average Bonchev–Trinajstić information content (AvgIpc) is 2.94. The molecule has 21 heavy (non-hydrogen) atoms. The number of carbonyl (C=O) groups is 2. The van der Waals surface area contributed by atoms with E-state index in [4.69, 9.17) is 5.11 Å². The Kier molecular flexibility index (Phi) is 4.59. The maximum absolute atomic E-state index is 12.0. The largest absolute Gasteiger partial charge is 0.478 e. The molecule has 0 aliphatic carbocycles. The molecule has 0 saturated heterocycles. The Morgan fingerprint density at radius 1 is 1.29 bits per heavy atom. The Morgan fingerprint density at radius 3 is 2.67 bits per heavy atom. The molecule has 1 aromatic carbocycles. The molecule has 2 aromatic rings. The molecule has 0 radical (unpaired) electrons. The second-order valence-electron chi connectivity index (χ2n) is 4.66. The van der Waals surface area contributed by atoms with Crippen LogP contribution in [0.5, 0.6) is 0 Å². The molecule has 1 aromatic heterocycles. The van der Waals surface area contributed by atoms with E-state index in [1.165, 1.54) is 6.07 Å². The Bertz CT molecular complexity index is 653. The zero-order valence-electron chi connectivity index (χ0n) is 11.7. The monoisotopic (exact) mass is 304 g/mol. The highest BCUT2D eigenvalue weighted by Gasteiger charge is 2.13. The van der Waals surface area contributed by atoms with Crippen molar-refractivity contribution >= 4 is 29.0 Å². The molecule has 0 saturated carbocycles. The summed E-state index contributed by atoms with van der Waals surface area (Å²) in [5, 5.41) is 18.5. The first-order valence-electron chi connectivity index (χ1n) is 6.41. The van der Waals surface area contributed by atoms with Gasteiger partial charge in [-0.2, -0.15) is 11.3 Å². The minimum atomic E-state index is -1.01. The van der Waals surface area contributed by atoms with E-state index in [0.29, 0.717) is 11.3 Å². The molecular weight excluding hydrogens is 288 g/mol. The number of hydrogen-bond acceptors (Lipinski definition) is 3. The summed E-state index contributed by atoms with van der Waals surface area (Å²) in [5.41, 5.74) is 2.23. The van der Waals surface area contributed by atoms with Crippen molar-refractivity contribution in [1.29, 1.82) is 0 Å².